The molecule has 2 amide bonds. The molecule has 1 atom stereocenters. The van der Waals surface area contributed by atoms with E-state index in [9.17, 15) is 9.59 Å². The molecule has 1 aromatic heterocycles. The SMILES string of the molecule is CC(C)(C)C(=O)N1CCCC1C(=O)NCc1ccc(N2CCc3ccccc3C2)nc1. The van der Waals surface area contributed by atoms with Crippen molar-refractivity contribution >= 4 is 17.6 Å². The van der Waals surface area contributed by atoms with Crippen LogP contribution in [0, 0.1) is 5.41 Å². The highest BCUT2D eigenvalue weighted by Crippen LogP contribution is 2.26. The van der Waals surface area contributed by atoms with Gasteiger partial charge in [-0.05, 0) is 42.0 Å². The van der Waals surface area contributed by atoms with E-state index in [0.29, 0.717) is 13.1 Å². The van der Waals surface area contributed by atoms with Crippen LogP contribution >= 0.6 is 0 Å². The van der Waals surface area contributed by atoms with E-state index in [0.717, 1.165) is 43.7 Å². The van der Waals surface area contributed by atoms with Gasteiger partial charge in [-0.2, -0.15) is 0 Å². The summed E-state index contributed by atoms with van der Waals surface area (Å²) in [6, 6.07) is 12.2. The van der Waals surface area contributed by atoms with E-state index in [1.54, 1.807) is 4.90 Å². The zero-order chi connectivity index (χ0) is 22.0. The number of hydrogen-bond donors (Lipinski definition) is 1. The number of pyridine rings is 1. The quantitative estimate of drug-likeness (QED) is 0.824. The van der Waals surface area contributed by atoms with Crippen molar-refractivity contribution in [3.05, 3.63) is 59.3 Å². The highest BCUT2D eigenvalue weighted by molar-refractivity contribution is 5.90. The molecule has 6 heteroatoms. The summed E-state index contributed by atoms with van der Waals surface area (Å²) in [5.74, 6) is 0.924. The molecule has 3 heterocycles. The summed E-state index contributed by atoms with van der Waals surface area (Å²) in [6.45, 7) is 8.61. The minimum atomic E-state index is -0.475. The van der Waals surface area contributed by atoms with Crippen molar-refractivity contribution in [1.82, 2.24) is 15.2 Å². The fourth-order valence-corrected chi connectivity index (χ4v) is 4.42. The van der Waals surface area contributed by atoms with Crippen LogP contribution < -0.4 is 10.2 Å². The smallest absolute Gasteiger partial charge is 0.243 e. The van der Waals surface area contributed by atoms with Gasteiger partial charge in [0, 0.05) is 37.8 Å². The van der Waals surface area contributed by atoms with Crippen LogP contribution in [0.25, 0.3) is 0 Å². The van der Waals surface area contributed by atoms with Crippen LogP contribution in [-0.4, -0.2) is 40.8 Å². The molecule has 1 aromatic carbocycles. The van der Waals surface area contributed by atoms with Crippen LogP contribution in [0.2, 0.25) is 0 Å². The van der Waals surface area contributed by atoms with Gasteiger partial charge in [-0.25, -0.2) is 4.98 Å². The first-order valence-electron chi connectivity index (χ1n) is 11.2. The Morgan fingerprint density at radius 1 is 1.10 bits per heavy atom. The Labute approximate surface area is 184 Å². The summed E-state index contributed by atoms with van der Waals surface area (Å²) in [6.07, 6.45) is 4.46. The summed E-state index contributed by atoms with van der Waals surface area (Å²) >= 11 is 0. The number of fused-ring (bicyclic) bond motifs is 1. The van der Waals surface area contributed by atoms with Crippen LogP contribution in [0.4, 0.5) is 5.82 Å². The number of carbonyl (C=O) groups excluding carboxylic acids is 2. The summed E-state index contributed by atoms with van der Waals surface area (Å²) in [5.41, 5.74) is 3.26. The Kier molecular flexibility index (Phi) is 5.99. The zero-order valence-electron chi connectivity index (χ0n) is 18.7. The Morgan fingerprint density at radius 3 is 2.58 bits per heavy atom. The highest BCUT2D eigenvalue weighted by atomic mass is 16.2. The molecule has 0 aliphatic carbocycles. The first-order chi connectivity index (χ1) is 14.8. The van der Waals surface area contributed by atoms with Gasteiger partial charge in [0.05, 0.1) is 0 Å². The minimum Gasteiger partial charge on any atom is -0.352 e. The third-order valence-electron chi connectivity index (χ3n) is 6.19. The van der Waals surface area contributed by atoms with Crippen LogP contribution in [0.1, 0.15) is 50.3 Å². The second-order valence-electron chi connectivity index (χ2n) is 9.59. The Hall–Kier alpha value is -2.89. The average molecular weight is 421 g/mol. The summed E-state index contributed by atoms with van der Waals surface area (Å²) in [5, 5.41) is 3.00. The highest BCUT2D eigenvalue weighted by Gasteiger charge is 2.38. The molecule has 6 nitrogen and oxygen atoms in total. The second kappa shape index (κ2) is 8.69. The molecule has 2 aliphatic heterocycles. The van der Waals surface area contributed by atoms with E-state index in [2.05, 4.69) is 39.5 Å². The van der Waals surface area contributed by atoms with E-state index in [-0.39, 0.29) is 17.9 Å². The number of nitrogens with one attached hydrogen (secondary N) is 1. The van der Waals surface area contributed by atoms with Gasteiger partial charge >= 0.3 is 0 Å². The maximum absolute atomic E-state index is 12.8. The van der Waals surface area contributed by atoms with Gasteiger partial charge in [0.1, 0.15) is 11.9 Å². The van der Waals surface area contributed by atoms with E-state index >= 15 is 0 Å². The number of carbonyl (C=O) groups is 2. The molecule has 0 spiro atoms. The van der Waals surface area contributed by atoms with Gasteiger partial charge in [0.15, 0.2) is 0 Å². The van der Waals surface area contributed by atoms with Crippen LogP contribution in [0.15, 0.2) is 42.6 Å². The standard InChI is InChI=1S/C25H32N4O2/c1-25(2,3)24(31)29-13-6-9-21(29)23(30)27-16-18-10-11-22(26-15-18)28-14-12-19-7-4-5-8-20(19)17-28/h4-5,7-8,10-11,15,21H,6,9,12-14,16-17H2,1-3H3,(H,27,30). The number of amides is 2. The largest absolute Gasteiger partial charge is 0.352 e. The summed E-state index contributed by atoms with van der Waals surface area (Å²) in [4.78, 5) is 34.1. The molecule has 0 bridgehead atoms. The van der Waals surface area contributed by atoms with Crippen molar-refractivity contribution in [2.24, 2.45) is 5.41 Å². The van der Waals surface area contributed by atoms with Crippen molar-refractivity contribution in [3.8, 4) is 0 Å². The Bertz CT molecular complexity index is 949. The first kappa shape index (κ1) is 21.3. The maximum Gasteiger partial charge on any atom is 0.243 e. The maximum atomic E-state index is 12.8. The molecular formula is C25H32N4O2. The minimum absolute atomic E-state index is 0.0410. The third kappa shape index (κ3) is 4.73. The number of benzene rings is 1. The molecule has 2 aromatic rings. The average Bonchev–Trinajstić information content (AvgIpc) is 3.26. The van der Waals surface area contributed by atoms with Crippen LogP contribution in [0.3, 0.4) is 0 Å². The zero-order valence-corrected chi connectivity index (χ0v) is 18.7. The van der Waals surface area contributed by atoms with Gasteiger partial charge in [-0.15, -0.1) is 0 Å². The van der Waals surface area contributed by atoms with Gasteiger partial charge in [-0.1, -0.05) is 51.1 Å². The first-order valence-corrected chi connectivity index (χ1v) is 11.2. The summed E-state index contributed by atoms with van der Waals surface area (Å²) in [7, 11) is 0. The Balaban J connectivity index is 1.33. The normalized spacial score (nSPS) is 18.6. The lowest BCUT2D eigenvalue weighted by atomic mass is 9.94. The fourth-order valence-electron chi connectivity index (χ4n) is 4.42. The van der Waals surface area contributed by atoms with Crippen molar-refractivity contribution < 1.29 is 9.59 Å². The van der Waals surface area contributed by atoms with Crippen LogP contribution in [-0.2, 0) is 29.1 Å². The van der Waals surface area contributed by atoms with E-state index < -0.39 is 5.41 Å². The van der Waals surface area contributed by atoms with Crippen molar-refractivity contribution in [1.29, 1.82) is 0 Å². The van der Waals surface area contributed by atoms with Gasteiger partial charge in [0.2, 0.25) is 11.8 Å². The Morgan fingerprint density at radius 2 is 1.87 bits per heavy atom. The van der Waals surface area contributed by atoms with Crippen molar-refractivity contribution in [2.45, 2.75) is 59.2 Å². The van der Waals surface area contributed by atoms with Gasteiger partial charge in [-0.3, -0.25) is 9.59 Å². The number of hydrogen-bond acceptors (Lipinski definition) is 4. The molecule has 1 N–H and O–H groups in total. The van der Waals surface area contributed by atoms with Crippen molar-refractivity contribution in [2.75, 3.05) is 18.0 Å². The molecular weight excluding hydrogens is 388 g/mol. The number of likely N-dealkylation sites (tertiary alicyclic amines) is 1. The van der Waals surface area contributed by atoms with E-state index in [4.69, 9.17) is 0 Å². The molecule has 2 aliphatic rings. The number of rotatable bonds is 4. The van der Waals surface area contributed by atoms with E-state index in [1.807, 2.05) is 39.1 Å². The molecule has 164 valence electrons. The predicted molar refractivity (Wildman–Crippen MR) is 121 cm³/mol. The number of nitrogens with zero attached hydrogens (tertiary/aromatic N) is 3. The fraction of sp³-hybridized carbons (Fsp3) is 0.480. The lowest BCUT2D eigenvalue weighted by Crippen LogP contribution is -2.49. The van der Waals surface area contributed by atoms with Gasteiger partial charge < -0.3 is 15.1 Å². The topological polar surface area (TPSA) is 65.5 Å². The molecule has 4 rings (SSSR count). The molecule has 1 saturated heterocycles. The predicted octanol–water partition coefficient (Wildman–Crippen LogP) is 3.30. The molecule has 1 unspecified atom stereocenters. The molecule has 0 radical (unpaired) electrons. The second-order valence-corrected chi connectivity index (χ2v) is 9.59. The monoisotopic (exact) mass is 420 g/mol. The molecule has 0 saturated carbocycles. The third-order valence-corrected chi connectivity index (χ3v) is 6.19. The lowest BCUT2D eigenvalue weighted by Gasteiger charge is -2.30. The van der Waals surface area contributed by atoms with E-state index in [1.165, 1.54) is 11.1 Å². The molecule has 1 fully saturated rings. The number of aromatic nitrogens is 1. The lowest BCUT2D eigenvalue weighted by molar-refractivity contribution is -0.144. The van der Waals surface area contributed by atoms with Crippen molar-refractivity contribution in [3.63, 3.8) is 0 Å². The van der Waals surface area contributed by atoms with Gasteiger partial charge in [0.25, 0.3) is 0 Å². The number of anilines is 1. The molecule has 31 heavy (non-hydrogen) atoms. The summed E-state index contributed by atoms with van der Waals surface area (Å²) < 4.78 is 0. The van der Waals surface area contributed by atoms with Crippen LogP contribution in [0.5, 0.6) is 0 Å².